The second-order valence-corrected chi connectivity index (χ2v) is 3.84. The van der Waals surface area contributed by atoms with Crippen molar-refractivity contribution in [3.05, 3.63) is 12.3 Å². The van der Waals surface area contributed by atoms with Gasteiger partial charge in [0.2, 0.25) is 0 Å². The van der Waals surface area contributed by atoms with Crippen molar-refractivity contribution in [2.24, 2.45) is 16.6 Å². The first-order valence-corrected chi connectivity index (χ1v) is 5.05. The van der Waals surface area contributed by atoms with Crippen LogP contribution in [0.15, 0.2) is 17.3 Å². The highest BCUT2D eigenvalue weighted by atomic mass is 14.9. The van der Waals surface area contributed by atoms with Crippen LogP contribution in [0.3, 0.4) is 0 Å². The van der Waals surface area contributed by atoms with Gasteiger partial charge in [0.25, 0.3) is 0 Å². The van der Waals surface area contributed by atoms with Crippen LogP contribution in [0.1, 0.15) is 19.3 Å². The summed E-state index contributed by atoms with van der Waals surface area (Å²) < 4.78 is 0. The summed E-state index contributed by atoms with van der Waals surface area (Å²) in [7, 11) is 0. The Bertz CT molecular complexity index is 222. The van der Waals surface area contributed by atoms with Crippen LogP contribution in [-0.4, -0.2) is 24.8 Å². The number of hydrogen-bond donors (Lipinski definition) is 2. The SMILES string of the molecule is NC1CNC=CC1C1CCCC=N1. The molecule has 3 N–H and O–H groups in total. The molecule has 0 radical (unpaired) electrons. The van der Waals surface area contributed by atoms with Crippen LogP contribution in [-0.2, 0) is 0 Å². The average molecular weight is 179 g/mol. The summed E-state index contributed by atoms with van der Waals surface area (Å²) in [5.41, 5.74) is 6.02. The van der Waals surface area contributed by atoms with Crippen molar-refractivity contribution in [3.8, 4) is 0 Å². The number of rotatable bonds is 1. The molecule has 3 nitrogen and oxygen atoms in total. The summed E-state index contributed by atoms with van der Waals surface area (Å²) >= 11 is 0. The van der Waals surface area contributed by atoms with E-state index in [1.807, 2.05) is 6.20 Å². The maximum Gasteiger partial charge on any atom is 0.0574 e. The Morgan fingerprint density at radius 2 is 2.38 bits per heavy atom. The van der Waals surface area contributed by atoms with E-state index in [9.17, 15) is 0 Å². The molecule has 3 unspecified atom stereocenters. The van der Waals surface area contributed by atoms with Crippen molar-refractivity contribution in [2.75, 3.05) is 6.54 Å². The van der Waals surface area contributed by atoms with E-state index >= 15 is 0 Å². The van der Waals surface area contributed by atoms with Gasteiger partial charge in [-0.05, 0) is 31.7 Å². The maximum absolute atomic E-state index is 6.02. The molecule has 2 aliphatic rings. The van der Waals surface area contributed by atoms with Gasteiger partial charge in [0.15, 0.2) is 0 Å². The standard InChI is InChI=1S/C10H17N3/c11-9-7-12-6-4-8(9)10-3-1-2-5-13-10/h4-6,8-10,12H,1-3,7,11H2. The summed E-state index contributed by atoms with van der Waals surface area (Å²) in [5, 5.41) is 3.15. The van der Waals surface area contributed by atoms with Crippen LogP contribution in [0, 0.1) is 5.92 Å². The number of nitrogens with one attached hydrogen (secondary N) is 1. The third-order valence-electron chi connectivity index (χ3n) is 2.86. The first kappa shape index (κ1) is 8.75. The van der Waals surface area contributed by atoms with E-state index in [1.54, 1.807) is 0 Å². The second-order valence-electron chi connectivity index (χ2n) is 3.84. The summed E-state index contributed by atoms with van der Waals surface area (Å²) in [6, 6.07) is 0.660. The molecule has 0 bridgehead atoms. The van der Waals surface area contributed by atoms with E-state index in [-0.39, 0.29) is 6.04 Å². The molecule has 0 spiro atoms. The molecule has 0 aliphatic carbocycles. The Balaban J connectivity index is 2.04. The number of nitrogens with zero attached hydrogens (tertiary/aromatic N) is 1. The van der Waals surface area contributed by atoms with Gasteiger partial charge in [0.1, 0.15) is 0 Å². The smallest absolute Gasteiger partial charge is 0.0574 e. The van der Waals surface area contributed by atoms with E-state index in [4.69, 9.17) is 5.73 Å². The lowest BCUT2D eigenvalue weighted by atomic mass is 9.86. The van der Waals surface area contributed by atoms with Crippen LogP contribution in [0.5, 0.6) is 0 Å². The molecule has 2 rings (SSSR count). The molecule has 2 aliphatic heterocycles. The minimum Gasteiger partial charge on any atom is -0.390 e. The van der Waals surface area contributed by atoms with Gasteiger partial charge >= 0.3 is 0 Å². The van der Waals surface area contributed by atoms with Crippen LogP contribution >= 0.6 is 0 Å². The molecular weight excluding hydrogens is 162 g/mol. The first-order valence-electron chi connectivity index (χ1n) is 5.05. The fourth-order valence-electron chi connectivity index (χ4n) is 2.07. The largest absolute Gasteiger partial charge is 0.390 e. The molecule has 13 heavy (non-hydrogen) atoms. The maximum atomic E-state index is 6.02. The molecule has 0 amide bonds. The van der Waals surface area contributed by atoms with E-state index < -0.39 is 0 Å². The lowest BCUT2D eigenvalue weighted by molar-refractivity contribution is 0.371. The Kier molecular flexibility index (Phi) is 2.64. The fourth-order valence-corrected chi connectivity index (χ4v) is 2.07. The van der Waals surface area contributed by atoms with Crippen molar-refractivity contribution in [1.29, 1.82) is 0 Å². The minimum absolute atomic E-state index is 0.227. The van der Waals surface area contributed by atoms with E-state index in [1.165, 1.54) is 12.8 Å². The third kappa shape index (κ3) is 1.91. The van der Waals surface area contributed by atoms with Crippen LogP contribution in [0.4, 0.5) is 0 Å². The van der Waals surface area contributed by atoms with Gasteiger partial charge in [-0.1, -0.05) is 6.08 Å². The van der Waals surface area contributed by atoms with Gasteiger partial charge in [-0.2, -0.15) is 0 Å². The molecule has 0 aromatic rings. The lowest BCUT2D eigenvalue weighted by Crippen LogP contribution is -2.45. The lowest BCUT2D eigenvalue weighted by Gasteiger charge is -2.31. The number of nitrogens with two attached hydrogens (primary N) is 1. The van der Waals surface area contributed by atoms with Gasteiger partial charge in [-0.25, -0.2) is 0 Å². The van der Waals surface area contributed by atoms with Crippen molar-refractivity contribution >= 4 is 6.21 Å². The fraction of sp³-hybridized carbons (Fsp3) is 0.700. The molecule has 0 aromatic carbocycles. The summed E-state index contributed by atoms with van der Waals surface area (Å²) in [6.45, 7) is 0.882. The predicted octanol–water partition coefficient (Wildman–Crippen LogP) is 0.670. The van der Waals surface area contributed by atoms with Crippen molar-refractivity contribution in [3.63, 3.8) is 0 Å². The molecular formula is C10H17N3. The molecule has 0 saturated heterocycles. The Labute approximate surface area is 79.1 Å². The van der Waals surface area contributed by atoms with Gasteiger partial charge in [-0.15, -0.1) is 0 Å². The Morgan fingerprint density at radius 3 is 3.08 bits per heavy atom. The zero-order valence-electron chi connectivity index (χ0n) is 7.82. The monoisotopic (exact) mass is 179 g/mol. The normalized spacial score (nSPS) is 38.7. The molecule has 0 saturated carbocycles. The quantitative estimate of drug-likeness (QED) is 0.621. The zero-order valence-corrected chi connectivity index (χ0v) is 7.82. The van der Waals surface area contributed by atoms with E-state index in [0.29, 0.717) is 12.0 Å². The van der Waals surface area contributed by atoms with E-state index in [2.05, 4.69) is 22.6 Å². The Morgan fingerprint density at radius 1 is 1.46 bits per heavy atom. The highest BCUT2D eigenvalue weighted by molar-refractivity contribution is 5.58. The van der Waals surface area contributed by atoms with Crippen molar-refractivity contribution in [1.82, 2.24) is 5.32 Å². The summed E-state index contributed by atoms with van der Waals surface area (Å²) in [4.78, 5) is 4.52. The molecule has 2 heterocycles. The van der Waals surface area contributed by atoms with Crippen LogP contribution in [0.25, 0.3) is 0 Å². The van der Waals surface area contributed by atoms with Gasteiger partial charge in [-0.3, -0.25) is 4.99 Å². The Hall–Kier alpha value is -0.830. The topological polar surface area (TPSA) is 50.4 Å². The van der Waals surface area contributed by atoms with Crippen LogP contribution < -0.4 is 11.1 Å². The van der Waals surface area contributed by atoms with Crippen molar-refractivity contribution < 1.29 is 0 Å². The predicted molar refractivity (Wildman–Crippen MR) is 54.7 cm³/mol. The second kappa shape index (κ2) is 3.92. The third-order valence-corrected chi connectivity index (χ3v) is 2.86. The van der Waals surface area contributed by atoms with Gasteiger partial charge in [0, 0.05) is 18.5 Å². The van der Waals surface area contributed by atoms with Gasteiger partial charge in [0.05, 0.1) is 6.04 Å². The molecule has 3 heteroatoms. The molecule has 0 aromatic heterocycles. The number of aliphatic imine (C=N–C) groups is 1. The molecule has 72 valence electrons. The number of hydrogen-bond acceptors (Lipinski definition) is 3. The van der Waals surface area contributed by atoms with Crippen molar-refractivity contribution in [2.45, 2.75) is 31.3 Å². The summed E-state index contributed by atoms with van der Waals surface area (Å²) in [5.74, 6) is 0.442. The highest BCUT2D eigenvalue weighted by Gasteiger charge is 2.26. The zero-order chi connectivity index (χ0) is 9.10. The first-order chi connectivity index (χ1) is 6.38. The van der Waals surface area contributed by atoms with Crippen LogP contribution in [0.2, 0.25) is 0 Å². The van der Waals surface area contributed by atoms with Gasteiger partial charge < -0.3 is 11.1 Å². The molecule has 3 atom stereocenters. The molecule has 0 fully saturated rings. The minimum atomic E-state index is 0.227. The highest BCUT2D eigenvalue weighted by Crippen LogP contribution is 2.22. The van der Waals surface area contributed by atoms with E-state index in [0.717, 1.165) is 13.0 Å². The summed E-state index contributed by atoms with van der Waals surface area (Å²) in [6.07, 6.45) is 9.83. The average Bonchev–Trinajstić information content (AvgIpc) is 2.20.